The zero-order valence-corrected chi connectivity index (χ0v) is 15.9. The molecule has 1 heterocycles. The fraction of sp³-hybridized carbons (Fsp3) is 0.471. The van der Waals surface area contributed by atoms with E-state index in [0.29, 0.717) is 15.6 Å². The first kappa shape index (κ1) is 19.2. The summed E-state index contributed by atoms with van der Waals surface area (Å²) in [7, 11) is 0. The maximum atomic E-state index is 12.6. The van der Waals surface area contributed by atoms with Crippen LogP contribution in [0.15, 0.2) is 16.6 Å². The molecule has 1 aliphatic heterocycles. The van der Waals surface area contributed by atoms with E-state index >= 15 is 0 Å². The van der Waals surface area contributed by atoms with Crippen LogP contribution in [0.1, 0.15) is 49.5 Å². The average Bonchev–Trinajstić information content (AvgIpc) is 2.79. The lowest BCUT2D eigenvalue weighted by Crippen LogP contribution is -2.45. The number of phenolic OH excluding ortho intramolecular Hbond substituents is 1. The number of phenols is 1. The number of carbonyl (C=O) groups is 3. The third-order valence-electron chi connectivity index (χ3n) is 3.80. The van der Waals surface area contributed by atoms with E-state index < -0.39 is 29.4 Å². The molecule has 7 nitrogen and oxygen atoms in total. The maximum absolute atomic E-state index is 12.6. The van der Waals surface area contributed by atoms with Crippen molar-refractivity contribution in [1.82, 2.24) is 4.90 Å². The molecule has 1 aliphatic rings. The highest BCUT2D eigenvalue weighted by Gasteiger charge is 2.37. The summed E-state index contributed by atoms with van der Waals surface area (Å²) >= 11 is 3.20. The van der Waals surface area contributed by atoms with Crippen LogP contribution >= 0.6 is 15.9 Å². The standard InChI is InChI=1S/C17H21BrN2O5/c1-17(2,3)25-13(21)7-6-12(15(19)23)20-8-10-9(16(20)24)4-5-11(18)14(10)22/h4-5,12,22H,6-8H2,1-3H3,(H2,19,23)/t12-/m0/s1. The fourth-order valence-corrected chi connectivity index (χ4v) is 3.09. The molecule has 2 amide bonds. The number of nitrogens with zero attached hydrogens (tertiary/aromatic N) is 1. The fourth-order valence-electron chi connectivity index (χ4n) is 2.72. The van der Waals surface area contributed by atoms with Crippen molar-refractivity contribution >= 4 is 33.7 Å². The van der Waals surface area contributed by atoms with Crippen LogP contribution in [0.5, 0.6) is 5.75 Å². The van der Waals surface area contributed by atoms with Gasteiger partial charge in [-0.3, -0.25) is 14.4 Å². The number of carbonyl (C=O) groups excluding carboxylic acids is 3. The molecule has 0 saturated heterocycles. The minimum atomic E-state index is -0.953. The lowest BCUT2D eigenvalue weighted by atomic mass is 10.1. The summed E-state index contributed by atoms with van der Waals surface area (Å²) in [6.45, 7) is 5.30. The number of hydrogen-bond acceptors (Lipinski definition) is 5. The molecule has 8 heteroatoms. The summed E-state index contributed by atoms with van der Waals surface area (Å²) in [6.07, 6.45) is 0.0204. The van der Waals surface area contributed by atoms with Gasteiger partial charge in [-0.05, 0) is 55.3 Å². The van der Waals surface area contributed by atoms with Gasteiger partial charge in [0.15, 0.2) is 0 Å². The molecule has 2 rings (SSSR count). The number of fused-ring (bicyclic) bond motifs is 1. The second-order valence-corrected chi connectivity index (χ2v) is 7.75. The molecule has 0 bridgehead atoms. The van der Waals surface area contributed by atoms with Gasteiger partial charge in [0.25, 0.3) is 5.91 Å². The Labute approximate surface area is 154 Å². The molecular formula is C17H21BrN2O5. The maximum Gasteiger partial charge on any atom is 0.306 e. The van der Waals surface area contributed by atoms with Crippen molar-refractivity contribution in [2.75, 3.05) is 0 Å². The summed E-state index contributed by atoms with van der Waals surface area (Å²) < 4.78 is 5.68. The largest absolute Gasteiger partial charge is 0.506 e. The summed E-state index contributed by atoms with van der Waals surface area (Å²) in [5, 5.41) is 10.1. The molecule has 0 unspecified atom stereocenters. The SMILES string of the molecule is CC(C)(C)OC(=O)CC[C@@H](C(N)=O)N1Cc2c(ccc(Br)c2O)C1=O. The van der Waals surface area contributed by atoms with Crippen molar-refractivity contribution in [1.29, 1.82) is 0 Å². The van der Waals surface area contributed by atoms with E-state index in [1.54, 1.807) is 32.9 Å². The number of ether oxygens (including phenoxy) is 1. The number of esters is 1. The van der Waals surface area contributed by atoms with Crippen LogP contribution in [-0.2, 0) is 20.9 Å². The summed E-state index contributed by atoms with van der Waals surface area (Å²) in [4.78, 5) is 37.5. The Hall–Kier alpha value is -2.09. The molecule has 0 spiro atoms. The quantitative estimate of drug-likeness (QED) is 0.719. The van der Waals surface area contributed by atoms with Gasteiger partial charge >= 0.3 is 5.97 Å². The Morgan fingerprint density at radius 3 is 2.60 bits per heavy atom. The van der Waals surface area contributed by atoms with Gasteiger partial charge in [-0.25, -0.2) is 0 Å². The first-order valence-corrected chi connectivity index (χ1v) is 8.63. The van der Waals surface area contributed by atoms with E-state index in [9.17, 15) is 19.5 Å². The number of aromatic hydroxyl groups is 1. The van der Waals surface area contributed by atoms with Crippen LogP contribution in [0.2, 0.25) is 0 Å². The average molecular weight is 413 g/mol. The minimum absolute atomic E-state index is 0.0382. The van der Waals surface area contributed by atoms with E-state index in [0.717, 1.165) is 0 Å². The predicted octanol–water partition coefficient (Wildman–Crippen LogP) is 2.09. The van der Waals surface area contributed by atoms with Crippen LogP contribution in [-0.4, -0.2) is 39.4 Å². The van der Waals surface area contributed by atoms with Crippen molar-refractivity contribution in [3.63, 3.8) is 0 Å². The lowest BCUT2D eigenvalue weighted by Gasteiger charge is -2.25. The van der Waals surface area contributed by atoms with E-state index in [4.69, 9.17) is 10.5 Å². The third-order valence-corrected chi connectivity index (χ3v) is 4.44. The van der Waals surface area contributed by atoms with Gasteiger partial charge < -0.3 is 20.5 Å². The zero-order valence-electron chi connectivity index (χ0n) is 14.3. The zero-order chi connectivity index (χ0) is 18.9. The van der Waals surface area contributed by atoms with Crippen molar-refractivity contribution in [3.05, 3.63) is 27.7 Å². The Balaban J connectivity index is 2.14. The number of halogens is 1. The Morgan fingerprint density at radius 1 is 1.40 bits per heavy atom. The van der Waals surface area contributed by atoms with Crippen molar-refractivity contribution in [2.24, 2.45) is 5.73 Å². The number of benzene rings is 1. The Kier molecular flexibility index (Phi) is 5.41. The van der Waals surface area contributed by atoms with Crippen molar-refractivity contribution in [3.8, 4) is 5.75 Å². The molecule has 3 N–H and O–H groups in total. The van der Waals surface area contributed by atoms with Crippen molar-refractivity contribution < 1.29 is 24.2 Å². The van der Waals surface area contributed by atoms with Crippen LogP contribution < -0.4 is 5.73 Å². The van der Waals surface area contributed by atoms with Gasteiger partial charge in [0.1, 0.15) is 17.4 Å². The Morgan fingerprint density at radius 2 is 2.04 bits per heavy atom. The molecule has 0 radical (unpaired) electrons. The molecule has 1 aromatic carbocycles. The topological polar surface area (TPSA) is 110 Å². The molecule has 1 atom stereocenters. The van der Waals surface area contributed by atoms with Gasteiger partial charge in [0.2, 0.25) is 5.91 Å². The summed E-state index contributed by atoms with van der Waals surface area (Å²) in [6, 6.07) is 2.19. The normalized spacial score (nSPS) is 15.0. The number of nitrogens with two attached hydrogens (primary N) is 1. The van der Waals surface area contributed by atoms with Crippen LogP contribution in [0.25, 0.3) is 0 Å². The minimum Gasteiger partial charge on any atom is -0.506 e. The molecular weight excluding hydrogens is 392 g/mol. The highest BCUT2D eigenvalue weighted by molar-refractivity contribution is 9.10. The number of rotatable bonds is 5. The predicted molar refractivity (Wildman–Crippen MR) is 93.7 cm³/mol. The number of primary amides is 1. The second-order valence-electron chi connectivity index (χ2n) is 6.90. The molecule has 25 heavy (non-hydrogen) atoms. The van der Waals surface area contributed by atoms with Crippen LogP contribution in [0.3, 0.4) is 0 Å². The highest BCUT2D eigenvalue weighted by atomic mass is 79.9. The van der Waals surface area contributed by atoms with Crippen LogP contribution in [0.4, 0.5) is 0 Å². The van der Waals surface area contributed by atoms with Gasteiger partial charge in [0.05, 0.1) is 11.0 Å². The first-order chi connectivity index (χ1) is 11.5. The van der Waals surface area contributed by atoms with Crippen LogP contribution in [0, 0.1) is 0 Å². The van der Waals surface area contributed by atoms with Crippen molar-refractivity contribution in [2.45, 2.75) is 51.8 Å². The molecule has 0 saturated carbocycles. The van der Waals surface area contributed by atoms with Gasteiger partial charge in [0, 0.05) is 17.5 Å². The highest BCUT2D eigenvalue weighted by Crippen LogP contribution is 2.37. The molecule has 136 valence electrons. The first-order valence-electron chi connectivity index (χ1n) is 7.83. The Bertz CT molecular complexity index is 726. The molecule has 1 aromatic rings. The van der Waals surface area contributed by atoms with E-state index in [2.05, 4.69) is 15.9 Å². The van der Waals surface area contributed by atoms with E-state index in [1.165, 1.54) is 4.90 Å². The third kappa shape index (κ3) is 4.31. The van der Waals surface area contributed by atoms with Gasteiger partial charge in [-0.1, -0.05) is 0 Å². The smallest absolute Gasteiger partial charge is 0.306 e. The van der Waals surface area contributed by atoms with Gasteiger partial charge in [-0.15, -0.1) is 0 Å². The summed E-state index contributed by atoms with van der Waals surface area (Å²) in [5.74, 6) is -1.61. The van der Waals surface area contributed by atoms with E-state index in [-0.39, 0.29) is 25.1 Å². The molecule has 0 aromatic heterocycles. The number of amides is 2. The monoisotopic (exact) mass is 412 g/mol. The summed E-state index contributed by atoms with van der Waals surface area (Å²) in [5.41, 5.74) is 5.57. The second kappa shape index (κ2) is 7.03. The van der Waals surface area contributed by atoms with Gasteiger partial charge in [-0.2, -0.15) is 0 Å². The number of hydrogen-bond donors (Lipinski definition) is 2. The van der Waals surface area contributed by atoms with E-state index in [1.807, 2.05) is 0 Å². The molecule has 0 fully saturated rings. The lowest BCUT2D eigenvalue weighted by molar-refractivity contribution is -0.155. The molecule has 0 aliphatic carbocycles.